The lowest BCUT2D eigenvalue weighted by molar-refractivity contribution is 0.113. The van der Waals surface area contributed by atoms with E-state index in [1.807, 2.05) is 37.3 Å². The average molecular weight is 372 g/mol. The summed E-state index contributed by atoms with van der Waals surface area (Å²) in [5, 5.41) is 0. The van der Waals surface area contributed by atoms with Crippen molar-refractivity contribution in [3.8, 4) is 12.3 Å². The summed E-state index contributed by atoms with van der Waals surface area (Å²) < 4.78 is 35.1. The number of benzene rings is 2. The van der Waals surface area contributed by atoms with Crippen LogP contribution in [0.15, 0.2) is 59.5 Å². The summed E-state index contributed by atoms with van der Waals surface area (Å²) in [4.78, 5) is 0.144. The van der Waals surface area contributed by atoms with Gasteiger partial charge in [-0.3, -0.25) is 4.18 Å². The third-order valence-corrected chi connectivity index (χ3v) is 5.22. The Hall–Kier alpha value is -2.13. The number of rotatable bonds is 10. The molecule has 2 aromatic rings. The molecule has 26 heavy (non-hydrogen) atoms. The Morgan fingerprint density at radius 1 is 1.08 bits per heavy atom. The molecule has 0 heterocycles. The SMILES string of the molecule is C#CC(CCCOCc1ccccc1)COS(=O)(=O)c1ccc(C)cc1. The molecule has 0 spiro atoms. The Morgan fingerprint density at radius 2 is 1.77 bits per heavy atom. The van der Waals surface area contributed by atoms with Gasteiger partial charge in [0.1, 0.15) is 0 Å². The molecule has 0 aliphatic carbocycles. The maximum absolute atomic E-state index is 12.2. The fourth-order valence-electron chi connectivity index (χ4n) is 2.36. The molecule has 0 N–H and O–H groups in total. The number of ether oxygens (including phenoxy) is 1. The van der Waals surface area contributed by atoms with Crippen molar-refractivity contribution in [2.24, 2.45) is 5.92 Å². The third-order valence-electron chi connectivity index (χ3n) is 3.92. The number of terminal acetylenes is 1. The second kappa shape index (κ2) is 10.1. The minimum atomic E-state index is -3.78. The average Bonchev–Trinajstić information content (AvgIpc) is 2.65. The second-order valence-electron chi connectivity index (χ2n) is 6.10. The van der Waals surface area contributed by atoms with E-state index in [1.165, 1.54) is 12.1 Å². The van der Waals surface area contributed by atoms with Crippen LogP contribution in [-0.4, -0.2) is 21.6 Å². The second-order valence-corrected chi connectivity index (χ2v) is 7.71. The summed E-state index contributed by atoms with van der Waals surface area (Å²) >= 11 is 0. The fourth-order valence-corrected chi connectivity index (χ4v) is 3.30. The molecule has 0 aliphatic rings. The number of hydrogen-bond acceptors (Lipinski definition) is 4. The van der Waals surface area contributed by atoms with Crippen molar-refractivity contribution in [3.63, 3.8) is 0 Å². The highest BCUT2D eigenvalue weighted by Crippen LogP contribution is 2.16. The zero-order chi connectivity index (χ0) is 18.8. The Balaban J connectivity index is 1.71. The van der Waals surface area contributed by atoms with Gasteiger partial charge in [0.15, 0.2) is 0 Å². The molecule has 0 amide bonds. The minimum Gasteiger partial charge on any atom is -0.377 e. The molecular formula is C21H24O4S. The quantitative estimate of drug-likeness (QED) is 0.360. The highest BCUT2D eigenvalue weighted by atomic mass is 32.2. The van der Waals surface area contributed by atoms with Gasteiger partial charge in [0.25, 0.3) is 10.1 Å². The van der Waals surface area contributed by atoms with E-state index in [4.69, 9.17) is 15.3 Å². The molecule has 0 saturated heterocycles. The molecule has 5 heteroatoms. The van der Waals surface area contributed by atoms with Crippen LogP contribution in [0.3, 0.4) is 0 Å². The first kappa shape index (κ1) is 20.2. The van der Waals surface area contributed by atoms with Crippen LogP contribution in [0.1, 0.15) is 24.0 Å². The summed E-state index contributed by atoms with van der Waals surface area (Å²) in [6.45, 7) is 2.99. The smallest absolute Gasteiger partial charge is 0.297 e. The normalized spacial score (nSPS) is 12.5. The fraction of sp³-hybridized carbons (Fsp3) is 0.333. The highest BCUT2D eigenvalue weighted by Gasteiger charge is 2.17. The predicted molar refractivity (Wildman–Crippen MR) is 102 cm³/mol. The summed E-state index contributed by atoms with van der Waals surface area (Å²) in [7, 11) is -3.78. The summed E-state index contributed by atoms with van der Waals surface area (Å²) in [6.07, 6.45) is 6.89. The molecule has 4 nitrogen and oxygen atoms in total. The van der Waals surface area contributed by atoms with E-state index in [1.54, 1.807) is 12.1 Å². The van der Waals surface area contributed by atoms with E-state index in [2.05, 4.69) is 5.92 Å². The topological polar surface area (TPSA) is 52.6 Å². The zero-order valence-corrected chi connectivity index (χ0v) is 15.7. The molecule has 0 radical (unpaired) electrons. The van der Waals surface area contributed by atoms with Gasteiger partial charge in [-0.05, 0) is 37.5 Å². The molecule has 2 rings (SSSR count). The van der Waals surface area contributed by atoms with Crippen LogP contribution in [-0.2, 0) is 25.6 Å². The van der Waals surface area contributed by atoms with Crippen molar-refractivity contribution in [1.82, 2.24) is 0 Å². The van der Waals surface area contributed by atoms with Crippen LogP contribution < -0.4 is 0 Å². The van der Waals surface area contributed by atoms with E-state index in [0.717, 1.165) is 17.5 Å². The molecule has 0 aromatic heterocycles. The van der Waals surface area contributed by atoms with Crippen LogP contribution in [0.25, 0.3) is 0 Å². The van der Waals surface area contributed by atoms with Crippen molar-refractivity contribution in [3.05, 3.63) is 65.7 Å². The molecule has 0 bridgehead atoms. The maximum Gasteiger partial charge on any atom is 0.297 e. The summed E-state index contributed by atoms with van der Waals surface area (Å²) in [5.41, 5.74) is 2.11. The molecule has 0 saturated carbocycles. The third kappa shape index (κ3) is 6.64. The van der Waals surface area contributed by atoms with Gasteiger partial charge in [0.05, 0.1) is 18.1 Å². The van der Waals surface area contributed by atoms with E-state index < -0.39 is 10.1 Å². The molecule has 1 atom stereocenters. The van der Waals surface area contributed by atoms with Crippen molar-refractivity contribution < 1.29 is 17.3 Å². The van der Waals surface area contributed by atoms with E-state index in [9.17, 15) is 8.42 Å². The van der Waals surface area contributed by atoms with Gasteiger partial charge in [0.2, 0.25) is 0 Å². The van der Waals surface area contributed by atoms with Crippen LogP contribution in [0.4, 0.5) is 0 Å². The first-order valence-electron chi connectivity index (χ1n) is 8.55. The molecular weight excluding hydrogens is 348 g/mol. The Kier molecular flexibility index (Phi) is 7.86. The van der Waals surface area contributed by atoms with E-state index in [0.29, 0.717) is 19.6 Å². The Labute approximate surface area is 156 Å². The minimum absolute atomic E-state index is 0.0224. The predicted octanol–water partition coefficient (Wildman–Crippen LogP) is 3.95. The van der Waals surface area contributed by atoms with Crippen molar-refractivity contribution in [1.29, 1.82) is 0 Å². The van der Waals surface area contributed by atoms with Crippen LogP contribution in [0.5, 0.6) is 0 Å². The zero-order valence-electron chi connectivity index (χ0n) is 14.9. The van der Waals surface area contributed by atoms with Gasteiger partial charge in [-0.2, -0.15) is 8.42 Å². The maximum atomic E-state index is 12.2. The van der Waals surface area contributed by atoms with Crippen molar-refractivity contribution in [2.45, 2.75) is 31.3 Å². The summed E-state index contributed by atoms with van der Waals surface area (Å²) in [6, 6.07) is 16.5. The lowest BCUT2D eigenvalue weighted by atomic mass is 10.1. The molecule has 1 unspecified atom stereocenters. The largest absolute Gasteiger partial charge is 0.377 e. The molecule has 2 aromatic carbocycles. The van der Waals surface area contributed by atoms with Gasteiger partial charge in [0, 0.05) is 12.5 Å². The molecule has 0 fully saturated rings. The number of aryl methyl sites for hydroxylation is 1. The molecule has 0 aliphatic heterocycles. The van der Waals surface area contributed by atoms with Gasteiger partial charge in [-0.1, -0.05) is 48.0 Å². The Bertz CT molecular complexity index is 805. The van der Waals surface area contributed by atoms with E-state index in [-0.39, 0.29) is 17.4 Å². The first-order chi connectivity index (χ1) is 12.5. The van der Waals surface area contributed by atoms with Crippen LogP contribution in [0, 0.1) is 25.2 Å². The van der Waals surface area contributed by atoms with E-state index >= 15 is 0 Å². The number of hydrogen-bond donors (Lipinski definition) is 0. The monoisotopic (exact) mass is 372 g/mol. The first-order valence-corrected chi connectivity index (χ1v) is 9.96. The lowest BCUT2D eigenvalue weighted by Crippen LogP contribution is -2.14. The van der Waals surface area contributed by atoms with Gasteiger partial charge >= 0.3 is 0 Å². The van der Waals surface area contributed by atoms with Gasteiger partial charge in [-0.15, -0.1) is 12.3 Å². The standard InChI is InChI=1S/C21H24O4S/c1-3-19(10-7-15-24-16-20-8-5-4-6-9-20)17-25-26(22,23)21-13-11-18(2)12-14-21/h1,4-6,8-9,11-14,19H,7,10,15-17H2,2H3. The molecule has 138 valence electrons. The lowest BCUT2D eigenvalue weighted by Gasteiger charge is -2.12. The van der Waals surface area contributed by atoms with Crippen LogP contribution in [0.2, 0.25) is 0 Å². The Morgan fingerprint density at radius 3 is 2.42 bits per heavy atom. The van der Waals surface area contributed by atoms with Gasteiger partial charge < -0.3 is 4.74 Å². The highest BCUT2D eigenvalue weighted by molar-refractivity contribution is 7.86. The van der Waals surface area contributed by atoms with Crippen LogP contribution >= 0.6 is 0 Å². The van der Waals surface area contributed by atoms with Gasteiger partial charge in [-0.25, -0.2) is 0 Å². The van der Waals surface area contributed by atoms with Crippen molar-refractivity contribution >= 4 is 10.1 Å². The van der Waals surface area contributed by atoms with Crippen molar-refractivity contribution in [2.75, 3.05) is 13.2 Å². The summed E-state index contributed by atoms with van der Waals surface area (Å²) in [5.74, 6) is 2.33.